The molecule has 3 heterocycles. The fourth-order valence-electron chi connectivity index (χ4n) is 6.02. The molecule has 0 saturated carbocycles. The number of unbranched alkanes of at least 4 members (excludes halogenated alkanes) is 1. The van der Waals surface area contributed by atoms with Crippen molar-refractivity contribution >= 4 is 23.7 Å². The molecule has 21 nitrogen and oxygen atoms in total. The molecule has 0 aromatic heterocycles. The van der Waals surface area contributed by atoms with Crippen LogP contribution in [0.5, 0.6) is 0 Å². The SMILES string of the molecule is C=CCCCO[C@@H]1O[C@H](CO)[C@@H](O[C@@H]2O[C@H](CO)[C@@H](O[C@@H]3O[C@H](COCC(=O)O)[C@@H](O)[C@H](O)[C@H]3N=C(C)[O-])[C@H](O)[C@H]2NC(C)=O)[C@H](O)[C@H]1NC(C)=O.[Na+]. The molecule has 3 saturated heterocycles. The van der Waals surface area contributed by atoms with Crippen molar-refractivity contribution in [2.75, 3.05) is 33.0 Å². The minimum atomic E-state index is -1.83. The predicted molar refractivity (Wildman–Crippen MR) is 170 cm³/mol. The van der Waals surface area contributed by atoms with Gasteiger partial charge in [-0.1, -0.05) is 6.08 Å². The number of ether oxygens (including phenoxy) is 7. The molecule has 2 amide bonds. The number of nitrogens with zero attached hydrogens (tertiary/aromatic N) is 1. The third-order valence-electron chi connectivity index (χ3n) is 8.37. The van der Waals surface area contributed by atoms with Crippen LogP contribution in [-0.4, -0.2) is 184 Å². The number of carboxylic acids is 1. The maximum atomic E-state index is 12.3. The van der Waals surface area contributed by atoms with Crippen molar-refractivity contribution in [3.8, 4) is 0 Å². The number of amides is 2. The van der Waals surface area contributed by atoms with Crippen LogP contribution in [0.3, 0.4) is 0 Å². The molecule has 3 aliphatic heterocycles. The van der Waals surface area contributed by atoms with Gasteiger partial charge in [-0.05, 0) is 25.7 Å². The molecular weight excluding hydrogens is 725 g/mol. The van der Waals surface area contributed by atoms with Crippen LogP contribution in [0.2, 0.25) is 0 Å². The number of allylic oxidation sites excluding steroid dienone is 1. The minimum absolute atomic E-state index is 0. The van der Waals surface area contributed by atoms with Crippen LogP contribution < -0.4 is 45.3 Å². The Labute approximate surface area is 327 Å². The van der Waals surface area contributed by atoms with E-state index in [2.05, 4.69) is 22.2 Å². The second-order valence-corrected chi connectivity index (χ2v) is 12.5. The number of carboxylic acid groups (broad SMARTS) is 1. The number of aliphatic carboxylic acids is 1. The van der Waals surface area contributed by atoms with Gasteiger partial charge in [0.25, 0.3) is 0 Å². The molecule has 3 aliphatic rings. The van der Waals surface area contributed by atoms with Crippen molar-refractivity contribution in [3.05, 3.63) is 12.7 Å². The molecule has 22 heteroatoms. The molecule has 9 N–H and O–H groups in total. The molecular formula is C31H50N3NaO18. The summed E-state index contributed by atoms with van der Waals surface area (Å²) in [5.41, 5.74) is 0. The summed E-state index contributed by atoms with van der Waals surface area (Å²) in [5.74, 6) is -3.38. The topological polar surface area (TPSA) is 317 Å². The minimum Gasteiger partial charge on any atom is -0.862 e. The molecule has 3 rings (SSSR count). The quantitative estimate of drug-likeness (QED) is 0.0205. The molecule has 0 spiro atoms. The zero-order chi connectivity index (χ0) is 38.7. The zero-order valence-corrected chi connectivity index (χ0v) is 32.0. The Morgan fingerprint density at radius 2 is 1.32 bits per heavy atom. The van der Waals surface area contributed by atoms with Crippen molar-refractivity contribution in [1.82, 2.24) is 10.6 Å². The number of carbonyl (C=O) groups is 3. The maximum Gasteiger partial charge on any atom is 1.00 e. The fourth-order valence-corrected chi connectivity index (χ4v) is 6.02. The van der Waals surface area contributed by atoms with E-state index in [-0.39, 0.29) is 36.2 Å². The number of aliphatic hydroxyl groups is 6. The fraction of sp³-hybridized carbons (Fsp3) is 0.806. The number of hydrogen-bond donors (Lipinski definition) is 9. The predicted octanol–water partition coefficient (Wildman–Crippen LogP) is -8.40. The number of carbonyl (C=O) groups excluding carboxylic acids is 2. The normalized spacial score (nSPS) is 37.6. The van der Waals surface area contributed by atoms with E-state index in [9.17, 15) is 50.1 Å². The van der Waals surface area contributed by atoms with Gasteiger partial charge in [0.1, 0.15) is 79.7 Å². The summed E-state index contributed by atoms with van der Waals surface area (Å²) in [6.07, 6.45) is -16.1. The van der Waals surface area contributed by atoms with Gasteiger partial charge in [-0.25, -0.2) is 4.79 Å². The van der Waals surface area contributed by atoms with Crippen molar-refractivity contribution in [1.29, 1.82) is 0 Å². The molecule has 0 aliphatic carbocycles. The van der Waals surface area contributed by atoms with E-state index >= 15 is 0 Å². The summed E-state index contributed by atoms with van der Waals surface area (Å²) in [4.78, 5) is 39.1. The largest absolute Gasteiger partial charge is 1.00 e. The third kappa shape index (κ3) is 13.1. The van der Waals surface area contributed by atoms with Gasteiger partial charge in [-0.2, -0.15) is 0 Å². The Morgan fingerprint density at radius 3 is 1.81 bits per heavy atom. The van der Waals surface area contributed by atoms with Crippen LogP contribution in [0.15, 0.2) is 17.6 Å². The van der Waals surface area contributed by atoms with Gasteiger partial charge in [0.15, 0.2) is 18.9 Å². The summed E-state index contributed by atoms with van der Waals surface area (Å²) in [6, 6.07) is -4.34. The summed E-state index contributed by atoms with van der Waals surface area (Å²) in [5, 5.41) is 90.9. The average Bonchev–Trinajstić information content (AvgIpc) is 3.07. The van der Waals surface area contributed by atoms with E-state index in [4.69, 9.17) is 38.3 Å². The van der Waals surface area contributed by atoms with Gasteiger partial charge in [0.05, 0.1) is 26.4 Å². The van der Waals surface area contributed by atoms with Crippen molar-refractivity contribution in [2.45, 2.75) is 126 Å². The molecule has 0 aromatic carbocycles. The Kier molecular flexibility index (Phi) is 20.2. The van der Waals surface area contributed by atoms with Gasteiger partial charge in [-0.3, -0.25) is 14.6 Å². The molecule has 0 aromatic rings. The van der Waals surface area contributed by atoms with Gasteiger partial charge in [-0.15, -0.1) is 6.58 Å². The van der Waals surface area contributed by atoms with E-state index in [1.165, 1.54) is 6.92 Å². The van der Waals surface area contributed by atoms with Crippen LogP contribution in [-0.2, 0) is 47.5 Å². The van der Waals surface area contributed by atoms with Gasteiger partial charge in [0, 0.05) is 13.8 Å². The van der Waals surface area contributed by atoms with E-state index in [1.54, 1.807) is 6.08 Å². The molecule has 15 atom stereocenters. The van der Waals surface area contributed by atoms with Crippen LogP contribution >= 0.6 is 0 Å². The summed E-state index contributed by atoms with van der Waals surface area (Å²) >= 11 is 0. The Morgan fingerprint density at radius 1 is 0.811 bits per heavy atom. The zero-order valence-electron chi connectivity index (χ0n) is 30.0. The summed E-state index contributed by atoms with van der Waals surface area (Å²) in [6.45, 7) is 4.25. The number of hydrogen-bond acceptors (Lipinski definition) is 18. The number of rotatable bonds is 18. The Balaban J connectivity index is 0.00000972. The van der Waals surface area contributed by atoms with Gasteiger partial charge >= 0.3 is 35.5 Å². The van der Waals surface area contributed by atoms with Crippen LogP contribution in [0.4, 0.5) is 0 Å². The van der Waals surface area contributed by atoms with Gasteiger partial charge < -0.3 is 84.6 Å². The molecule has 3 fully saturated rings. The summed E-state index contributed by atoms with van der Waals surface area (Å²) in [7, 11) is 0. The average molecular weight is 776 g/mol. The number of nitrogens with one attached hydrogen (secondary N) is 2. The van der Waals surface area contributed by atoms with Crippen molar-refractivity contribution in [3.63, 3.8) is 0 Å². The number of aliphatic hydroxyl groups excluding tert-OH is 6. The monoisotopic (exact) mass is 775 g/mol. The van der Waals surface area contributed by atoms with Gasteiger partial charge in [0.2, 0.25) is 11.8 Å². The van der Waals surface area contributed by atoms with E-state index in [0.717, 1.165) is 13.8 Å². The maximum absolute atomic E-state index is 12.3. The second kappa shape index (κ2) is 22.6. The van der Waals surface area contributed by atoms with Crippen LogP contribution in [0, 0.1) is 0 Å². The first-order valence-corrected chi connectivity index (χ1v) is 16.6. The molecule has 53 heavy (non-hydrogen) atoms. The summed E-state index contributed by atoms with van der Waals surface area (Å²) < 4.78 is 40.2. The first-order chi connectivity index (χ1) is 24.6. The molecule has 298 valence electrons. The molecule has 0 radical (unpaired) electrons. The standard InChI is InChI=1S/C31H51N3O18.Na/c1-5-6-7-8-47-29-21(33-14(3)38)25(44)27(16(9-35)48-29)52-31-22(34-15(4)39)26(45)28(17(10-36)49-31)51-30-20(32-13(2)37)24(43)23(42)18(50-30)11-46-12-19(40)41;/h5,16-18,20-31,35-36,42-45H,1,6-12H2,2-4H3,(H,32,37)(H,33,38)(H,34,39)(H,40,41);/q;+1/p-1/t16-,17-,18-,20-,21-,22-,23-,24-,25-,26-,27-,28-,29-,30+,31+;/m1./s1. The second-order valence-electron chi connectivity index (χ2n) is 12.5. The first-order valence-electron chi connectivity index (χ1n) is 16.6. The van der Waals surface area contributed by atoms with Crippen LogP contribution in [0.1, 0.15) is 33.6 Å². The molecule has 0 unspecified atom stereocenters. The first kappa shape index (κ1) is 47.3. The smallest absolute Gasteiger partial charge is 0.862 e. The Hall–Kier alpha value is -1.90. The van der Waals surface area contributed by atoms with Crippen molar-refractivity contribution < 1.29 is 118 Å². The van der Waals surface area contributed by atoms with E-state index < -0.39 is 142 Å². The van der Waals surface area contributed by atoms with Crippen LogP contribution in [0.25, 0.3) is 0 Å². The molecule has 0 bridgehead atoms. The van der Waals surface area contributed by atoms with Crippen molar-refractivity contribution in [2.24, 2.45) is 4.99 Å². The van der Waals surface area contributed by atoms with E-state index in [0.29, 0.717) is 12.8 Å². The number of aliphatic imine (C=N–C) groups is 1. The van der Waals surface area contributed by atoms with E-state index in [1.807, 2.05) is 0 Å². The Bertz CT molecular complexity index is 1210. The third-order valence-corrected chi connectivity index (χ3v) is 8.37.